The highest BCUT2D eigenvalue weighted by molar-refractivity contribution is 5.28. The minimum Gasteiger partial charge on any atom is -0.310 e. The first-order valence-corrected chi connectivity index (χ1v) is 6.62. The summed E-state index contributed by atoms with van der Waals surface area (Å²) in [5.74, 6) is 0. The van der Waals surface area contributed by atoms with Crippen molar-refractivity contribution in [3.05, 3.63) is 34.9 Å². The van der Waals surface area contributed by atoms with Gasteiger partial charge in [0.2, 0.25) is 0 Å². The number of nitrogens with one attached hydrogen (secondary N) is 1. The number of hydrogen-bond donors (Lipinski definition) is 1. The SMILES string of the molecule is Cc1cc(C)cc(CNC2CCN(C)CC2)c1. The fourth-order valence-electron chi connectivity index (χ4n) is 2.65. The quantitative estimate of drug-likeness (QED) is 0.861. The van der Waals surface area contributed by atoms with Crippen LogP contribution in [0.2, 0.25) is 0 Å². The first-order valence-electron chi connectivity index (χ1n) is 6.62. The maximum absolute atomic E-state index is 3.69. The van der Waals surface area contributed by atoms with E-state index >= 15 is 0 Å². The predicted molar refractivity (Wildman–Crippen MR) is 73.3 cm³/mol. The van der Waals surface area contributed by atoms with Gasteiger partial charge in [-0.1, -0.05) is 29.3 Å². The number of nitrogens with zero attached hydrogens (tertiary/aromatic N) is 1. The number of rotatable bonds is 3. The first kappa shape index (κ1) is 12.6. The number of likely N-dealkylation sites (tertiary alicyclic amines) is 1. The van der Waals surface area contributed by atoms with Gasteiger partial charge in [0.25, 0.3) is 0 Å². The molecule has 2 nitrogen and oxygen atoms in total. The third kappa shape index (κ3) is 3.83. The third-order valence-corrected chi connectivity index (χ3v) is 3.59. The normalized spacial score (nSPS) is 18.5. The van der Waals surface area contributed by atoms with E-state index in [0.29, 0.717) is 6.04 Å². The molecule has 1 saturated heterocycles. The summed E-state index contributed by atoms with van der Waals surface area (Å²) in [6, 6.07) is 7.51. The maximum Gasteiger partial charge on any atom is 0.0208 e. The fraction of sp³-hybridized carbons (Fsp3) is 0.600. The summed E-state index contributed by atoms with van der Waals surface area (Å²) in [5, 5.41) is 3.69. The Morgan fingerprint density at radius 3 is 2.29 bits per heavy atom. The molecule has 0 bridgehead atoms. The van der Waals surface area contributed by atoms with E-state index in [0.717, 1.165) is 6.54 Å². The molecule has 0 aromatic heterocycles. The van der Waals surface area contributed by atoms with Gasteiger partial charge in [-0.05, 0) is 52.4 Å². The van der Waals surface area contributed by atoms with Gasteiger partial charge in [0, 0.05) is 12.6 Å². The highest BCUT2D eigenvalue weighted by Crippen LogP contribution is 2.12. The molecular formula is C15H24N2. The lowest BCUT2D eigenvalue weighted by Crippen LogP contribution is -2.40. The second-order valence-corrected chi connectivity index (χ2v) is 5.45. The number of piperidine rings is 1. The van der Waals surface area contributed by atoms with E-state index in [1.54, 1.807) is 0 Å². The van der Waals surface area contributed by atoms with E-state index in [9.17, 15) is 0 Å². The molecule has 0 spiro atoms. The van der Waals surface area contributed by atoms with Crippen LogP contribution in [0.5, 0.6) is 0 Å². The first-order chi connectivity index (χ1) is 8.13. The maximum atomic E-state index is 3.69. The Balaban J connectivity index is 1.85. The van der Waals surface area contributed by atoms with Crippen molar-refractivity contribution in [1.82, 2.24) is 10.2 Å². The van der Waals surface area contributed by atoms with Crippen LogP contribution in [0.1, 0.15) is 29.5 Å². The average molecular weight is 232 g/mol. The second kappa shape index (κ2) is 5.65. The summed E-state index contributed by atoms with van der Waals surface area (Å²) < 4.78 is 0. The average Bonchev–Trinajstić information content (AvgIpc) is 2.27. The zero-order valence-corrected chi connectivity index (χ0v) is 11.3. The highest BCUT2D eigenvalue weighted by Gasteiger charge is 2.15. The van der Waals surface area contributed by atoms with Crippen LogP contribution in [-0.2, 0) is 6.54 Å². The molecule has 2 rings (SSSR count). The molecule has 1 aromatic rings. The molecule has 94 valence electrons. The van der Waals surface area contributed by atoms with E-state index < -0.39 is 0 Å². The molecule has 1 heterocycles. The molecular weight excluding hydrogens is 208 g/mol. The van der Waals surface area contributed by atoms with Crippen LogP contribution >= 0.6 is 0 Å². The number of hydrogen-bond acceptors (Lipinski definition) is 2. The molecule has 1 N–H and O–H groups in total. The van der Waals surface area contributed by atoms with E-state index in [4.69, 9.17) is 0 Å². The fourth-order valence-corrected chi connectivity index (χ4v) is 2.65. The van der Waals surface area contributed by atoms with Gasteiger partial charge in [-0.2, -0.15) is 0 Å². The van der Waals surface area contributed by atoms with Crippen LogP contribution in [0.4, 0.5) is 0 Å². The Morgan fingerprint density at radius 2 is 1.71 bits per heavy atom. The molecule has 1 aliphatic rings. The van der Waals surface area contributed by atoms with E-state index in [2.05, 4.69) is 49.3 Å². The van der Waals surface area contributed by atoms with Crippen LogP contribution in [-0.4, -0.2) is 31.1 Å². The van der Waals surface area contributed by atoms with Crippen molar-refractivity contribution in [2.45, 2.75) is 39.3 Å². The van der Waals surface area contributed by atoms with E-state index in [1.165, 1.54) is 42.6 Å². The summed E-state index contributed by atoms with van der Waals surface area (Å²) in [4.78, 5) is 2.41. The highest BCUT2D eigenvalue weighted by atomic mass is 15.1. The van der Waals surface area contributed by atoms with Crippen LogP contribution in [0.15, 0.2) is 18.2 Å². The van der Waals surface area contributed by atoms with Gasteiger partial charge in [0.15, 0.2) is 0 Å². The summed E-state index contributed by atoms with van der Waals surface area (Å²) in [6.07, 6.45) is 2.56. The molecule has 17 heavy (non-hydrogen) atoms. The van der Waals surface area contributed by atoms with Crippen molar-refractivity contribution < 1.29 is 0 Å². The monoisotopic (exact) mass is 232 g/mol. The standard InChI is InChI=1S/C15H24N2/c1-12-8-13(2)10-14(9-12)11-16-15-4-6-17(3)7-5-15/h8-10,15-16H,4-7,11H2,1-3H3. The molecule has 2 heteroatoms. The lowest BCUT2D eigenvalue weighted by Gasteiger charge is -2.29. The lowest BCUT2D eigenvalue weighted by atomic mass is 10.0. The minimum atomic E-state index is 0.701. The van der Waals surface area contributed by atoms with Crippen molar-refractivity contribution in [2.24, 2.45) is 0 Å². The van der Waals surface area contributed by atoms with Crippen LogP contribution < -0.4 is 5.32 Å². The van der Waals surface area contributed by atoms with Gasteiger partial charge in [0.05, 0.1) is 0 Å². The van der Waals surface area contributed by atoms with Crippen LogP contribution in [0.3, 0.4) is 0 Å². The summed E-state index contributed by atoms with van der Waals surface area (Å²) >= 11 is 0. The van der Waals surface area contributed by atoms with Crippen molar-refractivity contribution >= 4 is 0 Å². The van der Waals surface area contributed by atoms with Gasteiger partial charge in [-0.25, -0.2) is 0 Å². The molecule has 1 aromatic carbocycles. The van der Waals surface area contributed by atoms with Gasteiger partial charge in [-0.15, -0.1) is 0 Å². The topological polar surface area (TPSA) is 15.3 Å². The molecule has 0 radical (unpaired) electrons. The molecule has 0 aliphatic carbocycles. The molecule has 1 aliphatic heterocycles. The molecule has 0 amide bonds. The molecule has 0 saturated carbocycles. The summed E-state index contributed by atoms with van der Waals surface area (Å²) in [6.45, 7) is 7.81. The molecule has 0 unspecified atom stereocenters. The lowest BCUT2D eigenvalue weighted by molar-refractivity contribution is 0.234. The third-order valence-electron chi connectivity index (χ3n) is 3.59. The van der Waals surface area contributed by atoms with Crippen molar-refractivity contribution in [2.75, 3.05) is 20.1 Å². The minimum absolute atomic E-state index is 0.701. The Bertz CT molecular complexity index is 345. The Kier molecular flexibility index (Phi) is 4.19. The largest absolute Gasteiger partial charge is 0.310 e. The summed E-state index contributed by atoms with van der Waals surface area (Å²) in [5.41, 5.74) is 4.15. The van der Waals surface area contributed by atoms with Gasteiger partial charge >= 0.3 is 0 Å². The van der Waals surface area contributed by atoms with Gasteiger partial charge < -0.3 is 10.2 Å². The Hall–Kier alpha value is -0.860. The Labute approximate surface area is 105 Å². The van der Waals surface area contributed by atoms with Crippen molar-refractivity contribution in [1.29, 1.82) is 0 Å². The van der Waals surface area contributed by atoms with Crippen molar-refractivity contribution in [3.8, 4) is 0 Å². The van der Waals surface area contributed by atoms with Crippen molar-refractivity contribution in [3.63, 3.8) is 0 Å². The summed E-state index contributed by atoms with van der Waals surface area (Å²) in [7, 11) is 2.21. The predicted octanol–water partition coefficient (Wildman–Crippen LogP) is 2.49. The van der Waals surface area contributed by atoms with E-state index in [1.807, 2.05) is 0 Å². The zero-order chi connectivity index (χ0) is 12.3. The van der Waals surface area contributed by atoms with Gasteiger partial charge in [-0.3, -0.25) is 0 Å². The number of benzene rings is 1. The van der Waals surface area contributed by atoms with E-state index in [-0.39, 0.29) is 0 Å². The number of aryl methyl sites for hydroxylation is 2. The van der Waals surface area contributed by atoms with Gasteiger partial charge in [0.1, 0.15) is 0 Å². The zero-order valence-electron chi connectivity index (χ0n) is 11.3. The van der Waals surface area contributed by atoms with Crippen LogP contribution in [0, 0.1) is 13.8 Å². The molecule has 1 fully saturated rings. The second-order valence-electron chi connectivity index (χ2n) is 5.45. The van der Waals surface area contributed by atoms with Crippen LogP contribution in [0.25, 0.3) is 0 Å². The Morgan fingerprint density at radius 1 is 1.12 bits per heavy atom. The molecule has 0 atom stereocenters. The smallest absolute Gasteiger partial charge is 0.0208 e.